The highest BCUT2D eigenvalue weighted by molar-refractivity contribution is 5.97. The molecule has 4 atom stereocenters. The molecule has 6 heteroatoms. The predicted molar refractivity (Wildman–Crippen MR) is 104 cm³/mol. The lowest BCUT2D eigenvalue weighted by Gasteiger charge is -2.37. The normalized spacial score (nSPS) is 29.1. The summed E-state index contributed by atoms with van der Waals surface area (Å²) in [6, 6.07) is 5.67. The summed E-state index contributed by atoms with van der Waals surface area (Å²) >= 11 is 0. The Morgan fingerprint density at radius 2 is 1.85 bits per heavy atom. The summed E-state index contributed by atoms with van der Waals surface area (Å²) in [7, 11) is 1.59. The fourth-order valence-electron chi connectivity index (χ4n) is 4.44. The van der Waals surface area contributed by atoms with E-state index in [0.29, 0.717) is 24.4 Å². The minimum absolute atomic E-state index is 0.0137. The van der Waals surface area contributed by atoms with Gasteiger partial charge in [0, 0.05) is 45.2 Å². The zero-order valence-corrected chi connectivity index (χ0v) is 16.9. The molecule has 27 heavy (non-hydrogen) atoms. The van der Waals surface area contributed by atoms with Crippen molar-refractivity contribution < 1.29 is 19.4 Å². The van der Waals surface area contributed by atoms with Crippen molar-refractivity contribution in [2.24, 2.45) is 11.8 Å². The van der Waals surface area contributed by atoms with Gasteiger partial charge in [0.2, 0.25) is 0 Å². The second kappa shape index (κ2) is 8.59. The first kappa shape index (κ1) is 20.1. The molecule has 1 amide bonds. The Morgan fingerprint density at radius 1 is 1.19 bits per heavy atom. The number of carbonyl (C=O) groups excluding carboxylic acids is 1. The van der Waals surface area contributed by atoms with Crippen LogP contribution >= 0.6 is 0 Å². The van der Waals surface area contributed by atoms with Crippen molar-refractivity contribution >= 4 is 5.91 Å². The highest BCUT2D eigenvalue weighted by Crippen LogP contribution is 2.29. The standard InChI is InChI=1S/C21H32N2O4/c1-14-5-6-20(26-4)19(7-14)21(25)23-11-17(18(12-23)13-24)10-22-8-15(2)27-16(3)9-22/h5-7,15-18,24H,8-13H2,1-4H3/t15-,16+,17-,18-/m1/s1. The van der Waals surface area contributed by atoms with Gasteiger partial charge >= 0.3 is 0 Å². The van der Waals surface area contributed by atoms with E-state index in [1.165, 1.54) is 0 Å². The highest BCUT2D eigenvalue weighted by Gasteiger charge is 2.37. The van der Waals surface area contributed by atoms with Crippen LogP contribution in [0.4, 0.5) is 0 Å². The number of aliphatic hydroxyl groups is 1. The van der Waals surface area contributed by atoms with Crippen molar-refractivity contribution in [1.29, 1.82) is 0 Å². The topological polar surface area (TPSA) is 62.2 Å². The molecular formula is C21H32N2O4. The van der Waals surface area contributed by atoms with E-state index < -0.39 is 0 Å². The zero-order chi connectivity index (χ0) is 19.6. The van der Waals surface area contributed by atoms with Crippen LogP contribution in [0.2, 0.25) is 0 Å². The number of methoxy groups -OCH3 is 1. The molecule has 1 aromatic carbocycles. The van der Waals surface area contributed by atoms with Crippen molar-refractivity contribution in [1.82, 2.24) is 9.80 Å². The number of morpholine rings is 1. The first-order valence-corrected chi connectivity index (χ1v) is 9.83. The number of carbonyl (C=O) groups is 1. The molecule has 1 aromatic rings. The van der Waals surface area contributed by atoms with E-state index in [0.717, 1.165) is 25.2 Å². The smallest absolute Gasteiger partial charge is 0.257 e. The third-order valence-electron chi connectivity index (χ3n) is 5.67. The van der Waals surface area contributed by atoms with Crippen LogP contribution in [0.25, 0.3) is 0 Å². The van der Waals surface area contributed by atoms with Gasteiger partial charge in [0.05, 0.1) is 24.9 Å². The molecule has 0 aromatic heterocycles. The average Bonchev–Trinajstić information content (AvgIpc) is 3.03. The number of aryl methyl sites for hydroxylation is 1. The Hall–Kier alpha value is -1.63. The Labute approximate surface area is 162 Å². The van der Waals surface area contributed by atoms with Crippen molar-refractivity contribution in [3.05, 3.63) is 29.3 Å². The number of hydrogen-bond acceptors (Lipinski definition) is 5. The van der Waals surface area contributed by atoms with Gasteiger partial charge in [-0.05, 0) is 38.8 Å². The molecule has 0 spiro atoms. The number of aliphatic hydroxyl groups excluding tert-OH is 1. The average molecular weight is 376 g/mol. The van der Waals surface area contributed by atoms with Crippen LogP contribution in [-0.4, -0.2) is 79.5 Å². The maximum absolute atomic E-state index is 13.1. The Morgan fingerprint density at radius 3 is 2.48 bits per heavy atom. The fourth-order valence-corrected chi connectivity index (χ4v) is 4.44. The molecule has 6 nitrogen and oxygen atoms in total. The molecule has 0 aliphatic carbocycles. The van der Waals surface area contributed by atoms with Crippen molar-refractivity contribution in [2.45, 2.75) is 33.0 Å². The SMILES string of the molecule is COc1ccc(C)cc1C(=O)N1C[C@@H](CN2C[C@@H](C)O[C@@H](C)C2)[C@@H](CO)C1. The Balaban J connectivity index is 1.70. The lowest BCUT2D eigenvalue weighted by atomic mass is 9.96. The Kier molecular flexibility index (Phi) is 6.40. The van der Waals surface area contributed by atoms with Crippen LogP contribution in [0.1, 0.15) is 29.8 Å². The molecule has 2 aliphatic rings. The van der Waals surface area contributed by atoms with Crippen LogP contribution in [0.3, 0.4) is 0 Å². The summed E-state index contributed by atoms with van der Waals surface area (Å²) in [5.74, 6) is 0.969. The molecule has 1 N–H and O–H groups in total. The number of likely N-dealkylation sites (tertiary alicyclic amines) is 1. The van der Waals surface area contributed by atoms with Gasteiger partial charge in [0.15, 0.2) is 0 Å². The number of ether oxygens (including phenoxy) is 2. The first-order valence-electron chi connectivity index (χ1n) is 9.83. The summed E-state index contributed by atoms with van der Waals surface area (Å²) in [6.45, 7) is 10.2. The van der Waals surface area contributed by atoms with Crippen LogP contribution in [0.5, 0.6) is 5.75 Å². The molecule has 0 radical (unpaired) electrons. The van der Waals surface area contributed by atoms with E-state index in [-0.39, 0.29) is 36.6 Å². The lowest BCUT2D eigenvalue weighted by molar-refractivity contribution is -0.0726. The van der Waals surface area contributed by atoms with E-state index >= 15 is 0 Å². The molecule has 2 aliphatic heterocycles. The highest BCUT2D eigenvalue weighted by atomic mass is 16.5. The van der Waals surface area contributed by atoms with Crippen LogP contribution < -0.4 is 4.74 Å². The maximum Gasteiger partial charge on any atom is 0.257 e. The number of nitrogens with zero attached hydrogens (tertiary/aromatic N) is 2. The minimum atomic E-state index is -0.0137. The number of rotatable bonds is 5. The molecule has 2 fully saturated rings. The summed E-state index contributed by atoms with van der Waals surface area (Å²) < 4.78 is 11.2. The third kappa shape index (κ3) is 4.62. The monoisotopic (exact) mass is 376 g/mol. The van der Waals surface area contributed by atoms with Gasteiger partial charge in [0.25, 0.3) is 5.91 Å². The van der Waals surface area contributed by atoms with Crippen molar-refractivity contribution in [3.8, 4) is 5.75 Å². The summed E-state index contributed by atoms with van der Waals surface area (Å²) in [6.07, 6.45) is 0.439. The molecular weight excluding hydrogens is 344 g/mol. The zero-order valence-electron chi connectivity index (χ0n) is 16.9. The van der Waals surface area contributed by atoms with E-state index in [4.69, 9.17) is 9.47 Å². The summed E-state index contributed by atoms with van der Waals surface area (Å²) in [4.78, 5) is 17.4. The predicted octanol–water partition coefficient (Wildman–Crippen LogP) is 1.79. The van der Waals surface area contributed by atoms with E-state index in [2.05, 4.69) is 18.7 Å². The lowest BCUT2D eigenvalue weighted by Crippen LogP contribution is -2.48. The molecule has 2 heterocycles. The minimum Gasteiger partial charge on any atom is -0.496 e. The van der Waals surface area contributed by atoms with E-state index in [1.54, 1.807) is 7.11 Å². The maximum atomic E-state index is 13.1. The van der Waals surface area contributed by atoms with Gasteiger partial charge in [0.1, 0.15) is 5.75 Å². The largest absolute Gasteiger partial charge is 0.496 e. The van der Waals surface area contributed by atoms with Gasteiger partial charge in [-0.15, -0.1) is 0 Å². The molecule has 3 rings (SSSR count). The molecule has 0 saturated carbocycles. The molecule has 0 bridgehead atoms. The van der Waals surface area contributed by atoms with Gasteiger partial charge in [-0.3, -0.25) is 9.69 Å². The number of benzene rings is 1. The first-order chi connectivity index (χ1) is 12.9. The second-order valence-electron chi connectivity index (χ2n) is 8.09. The van der Waals surface area contributed by atoms with Crippen LogP contribution in [0, 0.1) is 18.8 Å². The van der Waals surface area contributed by atoms with Gasteiger partial charge in [-0.2, -0.15) is 0 Å². The molecule has 0 unspecified atom stereocenters. The van der Waals surface area contributed by atoms with E-state index in [9.17, 15) is 9.90 Å². The van der Waals surface area contributed by atoms with Crippen LogP contribution in [0.15, 0.2) is 18.2 Å². The quantitative estimate of drug-likeness (QED) is 0.849. The van der Waals surface area contributed by atoms with Crippen molar-refractivity contribution in [3.63, 3.8) is 0 Å². The summed E-state index contributed by atoms with van der Waals surface area (Å²) in [5.41, 5.74) is 1.63. The van der Waals surface area contributed by atoms with Gasteiger partial charge < -0.3 is 19.5 Å². The summed E-state index contributed by atoms with van der Waals surface area (Å²) in [5, 5.41) is 9.88. The third-order valence-corrected chi connectivity index (χ3v) is 5.67. The molecule has 2 saturated heterocycles. The second-order valence-corrected chi connectivity index (χ2v) is 8.09. The van der Waals surface area contributed by atoms with Gasteiger partial charge in [-0.25, -0.2) is 0 Å². The van der Waals surface area contributed by atoms with E-state index in [1.807, 2.05) is 30.0 Å². The number of hydrogen-bond donors (Lipinski definition) is 1. The van der Waals surface area contributed by atoms with Crippen molar-refractivity contribution in [2.75, 3.05) is 46.4 Å². The van der Waals surface area contributed by atoms with Crippen LogP contribution in [-0.2, 0) is 4.74 Å². The van der Waals surface area contributed by atoms with Gasteiger partial charge in [-0.1, -0.05) is 11.6 Å². The molecule has 150 valence electrons. The fraction of sp³-hybridized carbons (Fsp3) is 0.667. The number of amides is 1. The Bertz CT molecular complexity index is 656.